The summed E-state index contributed by atoms with van der Waals surface area (Å²) in [6.07, 6.45) is 2.62. The second-order valence-corrected chi connectivity index (χ2v) is 9.10. The SMILES string of the molecule is CCNC(=NCc1ccc(S(N)(=O)=O)cc1)NCc1ccc(CN2CCCC2)cc1. The first-order chi connectivity index (χ1) is 14.4. The second kappa shape index (κ2) is 10.6. The van der Waals surface area contributed by atoms with E-state index in [0.29, 0.717) is 19.0 Å². The molecule has 0 radical (unpaired) electrons. The Kier molecular flexibility index (Phi) is 7.84. The molecule has 0 aromatic heterocycles. The van der Waals surface area contributed by atoms with E-state index in [4.69, 9.17) is 5.14 Å². The maximum absolute atomic E-state index is 11.4. The molecule has 7 nitrogen and oxygen atoms in total. The Balaban J connectivity index is 1.54. The number of guanidine groups is 1. The van der Waals surface area contributed by atoms with Gasteiger partial charge in [-0.1, -0.05) is 36.4 Å². The highest BCUT2D eigenvalue weighted by Gasteiger charge is 2.11. The van der Waals surface area contributed by atoms with Crippen LogP contribution in [0.2, 0.25) is 0 Å². The molecule has 162 valence electrons. The molecule has 0 amide bonds. The Hall–Kier alpha value is -2.42. The molecule has 0 spiro atoms. The number of rotatable bonds is 8. The van der Waals surface area contributed by atoms with Crippen LogP contribution >= 0.6 is 0 Å². The highest BCUT2D eigenvalue weighted by atomic mass is 32.2. The van der Waals surface area contributed by atoms with Gasteiger partial charge in [-0.25, -0.2) is 18.5 Å². The van der Waals surface area contributed by atoms with E-state index in [1.165, 1.54) is 49.2 Å². The van der Waals surface area contributed by atoms with Gasteiger partial charge in [-0.15, -0.1) is 0 Å². The highest BCUT2D eigenvalue weighted by Crippen LogP contribution is 2.13. The minimum absolute atomic E-state index is 0.105. The van der Waals surface area contributed by atoms with E-state index in [1.54, 1.807) is 12.1 Å². The standard InChI is InChI=1S/C22H31N5O2S/c1-2-24-22(26-16-19-9-11-21(12-10-19)30(23,28)29)25-15-18-5-7-20(8-6-18)17-27-13-3-4-14-27/h5-12H,2-4,13-17H2,1H3,(H2,23,28,29)(H2,24,25,26). The Morgan fingerprint density at radius 2 is 1.57 bits per heavy atom. The molecular formula is C22H31N5O2S. The molecule has 0 aliphatic carbocycles. The number of aliphatic imine (C=N–C) groups is 1. The van der Waals surface area contributed by atoms with Crippen molar-refractivity contribution in [3.63, 3.8) is 0 Å². The Morgan fingerprint density at radius 3 is 2.17 bits per heavy atom. The zero-order valence-corrected chi connectivity index (χ0v) is 18.3. The molecule has 0 unspecified atom stereocenters. The van der Waals surface area contributed by atoms with Crippen LogP contribution in [0, 0.1) is 0 Å². The molecule has 1 fully saturated rings. The molecule has 1 aliphatic rings. The topological polar surface area (TPSA) is 99.8 Å². The highest BCUT2D eigenvalue weighted by molar-refractivity contribution is 7.89. The zero-order chi connectivity index (χ0) is 21.4. The molecule has 2 aromatic carbocycles. The minimum atomic E-state index is -3.67. The summed E-state index contributed by atoms with van der Waals surface area (Å²) in [5, 5.41) is 11.7. The van der Waals surface area contributed by atoms with Crippen LogP contribution in [0.4, 0.5) is 0 Å². The molecule has 8 heteroatoms. The summed E-state index contributed by atoms with van der Waals surface area (Å²) < 4.78 is 22.7. The quantitative estimate of drug-likeness (QED) is 0.441. The number of hydrogen-bond acceptors (Lipinski definition) is 4. The normalized spacial score (nSPS) is 15.3. The first-order valence-electron chi connectivity index (χ1n) is 10.4. The summed E-state index contributed by atoms with van der Waals surface area (Å²) in [5.74, 6) is 0.717. The number of benzene rings is 2. The fourth-order valence-electron chi connectivity index (χ4n) is 3.44. The smallest absolute Gasteiger partial charge is 0.238 e. The molecule has 3 rings (SSSR count). The maximum atomic E-state index is 11.4. The number of nitrogens with zero attached hydrogens (tertiary/aromatic N) is 2. The van der Waals surface area contributed by atoms with Crippen molar-refractivity contribution in [1.29, 1.82) is 0 Å². The van der Waals surface area contributed by atoms with Gasteiger partial charge in [0.1, 0.15) is 0 Å². The van der Waals surface area contributed by atoms with Crippen molar-refractivity contribution in [2.75, 3.05) is 19.6 Å². The molecule has 0 bridgehead atoms. The van der Waals surface area contributed by atoms with Gasteiger partial charge >= 0.3 is 0 Å². The lowest BCUT2D eigenvalue weighted by Crippen LogP contribution is -2.36. The van der Waals surface area contributed by atoms with Gasteiger partial charge in [0.2, 0.25) is 10.0 Å². The van der Waals surface area contributed by atoms with E-state index in [9.17, 15) is 8.42 Å². The first kappa shape index (κ1) is 22.3. The maximum Gasteiger partial charge on any atom is 0.238 e. The van der Waals surface area contributed by atoms with Crippen molar-refractivity contribution in [3.8, 4) is 0 Å². The first-order valence-corrected chi connectivity index (χ1v) is 11.9. The number of nitrogens with one attached hydrogen (secondary N) is 2. The van der Waals surface area contributed by atoms with E-state index in [1.807, 2.05) is 6.92 Å². The van der Waals surface area contributed by atoms with Crippen LogP contribution in [-0.2, 0) is 29.7 Å². The molecular weight excluding hydrogens is 398 g/mol. The predicted octanol–water partition coefficient (Wildman–Crippen LogP) is 2.19. The third-order valence-electron chi connectivity index (χ3n) is 5.10. The molecule has 2 aromatic rings. The average molecular weight is 430 g/mol. The summed E-state index contributed by atoms with van der Waals surface area (Å²) in [4.78, 5) is 7.19. The monoisotopic (exact) mass is 429 g/mol. The summed E-state index contributed by atoms with van der Waals surface area (Å²) in [7, 11) is -3.67. The van der Waals surface area contributed by atoms with Crippen molar-refractivity contribution >= 4 is 16.0 Å². The van der Waals surface area contributed by atoms with Gasteiger partial charge in [0.15, 0.2) is 5.96 Å². The molecule has 0 saturated carbocycles. The summed E-state index contributed by atoms with van der Waals surface area (Å²) in [5.41, 5.74) is 3.46. The molecule has 1 aliphatic heterocycles. The average Bonchev–Trinajstić information content (AvgIpc) is 3.24. The van der Waals surface area contributed by atoms with Crippen LogP contribution in [-0.4, -0.2) is 38.9 Å². The van der Waals surface area contributed by atoms with E-state index in [-0.39, 0.29) is 4.90 Å². The van der Waals surface area contributed by atoms with Crippen LogP contribution in [0.15, 0.2) is 58.4 Å². The largest absolute Gasteiger partial charge is 0.357 e. The fraction of sp³-hybridized carbons (Fsp3) is 0.409. The number of nitrogens with two attached hydrogens (primary N) is 1. The minimum Gasteiger partial charge on any atom is -0.357 e. The van der Waals surface area contributed by atoms with Gasteiger partial charge in [0.25, 0.3) is 0 Å². The second-order valence-electron chi connectivity index (χ2n) is 7.54. The molecule has 4 N–H and O–H groups in total. The van der Waals surface area contributed by atoms with Gasteiger partial charge in [-0.05, 0) is 61.7 Å². The fourth-order valence-corrected chi connectivity index (χ4v) is 3.96. The number of primary sulfonamides is 1. The van der Waals surface area contributed by atoms with Crippen LogP contribution in [0.5, 0.6) is 0 Å². The molecule has 0 atom stereocenters. The van der Waals surface area contributed by atoms with Gasteiger partial charge < -0.3 is 10.6 Å². The Labute approximate surface area is 179 Å². The molecule has 30 heavy (non-hydrogen) atoms. The lowest BCUT2D eigenvalue weighted by atomic mass is 10.1. The van der Waals surface area contributed by atoms with Gasteiger partial charge in [0, 0.05) is 19.6 Å². The molecule has 1 heterocycles. The zero-order valence-electron chi connectivity index (χ0n) is 17.5. The summed E-state index contributed by atoms with van der Waals surface area (Å²) >= 11 is 0. The Bertz CT molecular complexity index is 934. The Morgan fingerprint density at radius 1 is 0.967 bits per heavy atom. The van der Waals surface area contributed by atoms with Gasteiger partial charge in [-0.2, -0.15) is 0 Å². The van der Waals surface area contributed by atoms with Crippen molar-refractivity contribution in [2.45, 2.75) is 44.3 Å². The van der Waals surface area contributed by atoms with Gasteiger partial charge in [0.05, 0.1) is 11.4 Å². The lowest BCUT2D eigenvalue weighted by molar-refractivity contribution is 0.331. The van der Waals surface area contributed by atoms with Crippen LogP contribution in [0.25, 0.3) is 0 Å². The summed E-state index contributed by atoms with van der Waals surface area (Å²) in [6, 6.07) is 15.2. The van der Waals surface area contributed by atoms with Crippen LogP contribution < -0.4 is 15.8 Å². The number of hydrogen-bond donors (Lipinski definition) is 3. The van der Waals surface area contributed by atoms with Crippen molar-refractivity contribution in [2.24, 2.45) is 10.1 Å². The summed E-state index contributed by atoms with van der Waals surface area (Å²) in [6.45, 7) is 7.33. The van der Waals surface area contributed by atoms with E-state index in [0.717, 1.165) is 18.7 Å². The number of likely N-dealkylation sites (tertiary alicyclic amines) is 1. The lowest BCUT2D eigenvalue weighted by Gasteiger charge is -2.15. The molecule has 1 saturated heterocycles. The number of sulfonamides is 1. The van der Waals surface area contributed by atoms with Gasteiger partial charge in [-0.3, -0.25) is 4.90 Å². The van der Waals surface area contributed by atoms with Crippen LogP contribution in [0.1, 0.15) is 36.5 Å². The third kappa shape index (κ3) is 6.83. The third-order valence-corrected chi connectivity index (χ3v) is 6.03. The van der Waals surface area contributed by atoms with E-state index < -0.39 is 10.0 Å². The van der Waals surface area contributed by atoms with E-state index in [2.05, 4.69) is 44.8 Å². The van der Waals surface area contributed by atoms with Crippen LogP contribution in [0.3, 0.4) is 0 Å². The van der Waals surface area contributed by atoms with E-state index >= 15 is 0 Å². The van der Waals surface area contributed by atoms with Crippen molar-refractivity contribution in [1.82, 2.24) is 15.5 Å². The predicted molar refractivity (Wildman–Crippen MR) is 120 cm³/mol. The van der Waals surface area contributed by atoms with Crippen molar-refractivity contribution in [3.05, 3.63) is 65.2 Å². The van der Waals surface area contributed by atoms with Crippen molar-refractivity contribution < 1.29 is 8.42 Å².